The molecule has 0 atom stereocenters. The number of aromatic nitrogens is 1. The van der Waals surface area contributed by atoms with E-state index in [1.54, 1.807) is 38.5 Å². The van der Waals surface area contributed by atoms with Crippen molar-refractivity contribution < 1.29 is 18.7 Å². The van der Waals surface area contributed by atoms with E-state index in [-0.39, 0.29) is 18.3 Å². The van der Waals surface area contributed by atoms with Gasteiger partial charge in [-0.25, -0.2) is 9.78 Å². The van der Waals surface area contributed by atoms with Crippen LogP contribution in [0.1, 0.15) is 16.2 Å². The Morgan fingerprint density at radius 2 is 1.79 bits per heavy atom. The van der Waals surface area contributed by atoms with Gasteiger partial charge in [0.15, 0.2) is 12.4 Å². The summed E-state index contributed by atoms with van der Waals surface area (Å²) in [5, 5.41) is 0. The van der Waals surface area contributed by atoms with E-state index < -0.39 is 5.97 Å². The topological polar surface area (TPSA) is 72.6 Å². The number of oxazole rings is 1. The first-order chi connectivity index (χ1) is 13.5. The lowest BCUT2D eigenvalue weighted by Crippen LogP contribution is -2.23. The van der Waals surface area contributed by atoms with Crippen molar-refractivity contribution in [2.75, 3.05) is 19.8 Å². The fourth-order valence-electron chi connectivity index (χ4n) is 2.35. The van der Waals surface area contributed by atoms with E-state index in [1.165, 1.54) is 16.7 Å². The van der Waals surface area contributed by atoms with Crippen molar-refractivity contribution in [2.45, 2.75) is 11.5 Å². The van der Waals surface area contributed by atoms with Gasteiger partial charge in [-0.2, -0.15) is 0 Å². The highest BCUT2D eigenvalue weighted by molar-refractivity contribution is 8.00. The van der Waals surface area contributed by atoms with Gasteiger partial charge >= 0.3 is 5.97 Å². The van der Waals surface area contributed by atoms with Crippen LogP contribution in [0.3, 0.4) is 0 Å². The van der Waals surface area contributed by atoms with Gasteiger partial charge in [0.25, 0.3) is 0 Å². The summed E-state index contributed by atoms with van der Waals surface area (Å²) in [4.78, 5) is 30.7. The number of hydrogen-bond acceptors (Lipinski definition) is 6. The minimum absolute atomic E-state index is 0.0265. The first-order valence-electron chi connectivity index (χ1n) is 8.64. The number of thioether (sulfide) groups is 1. The third-order valence-corrected chi connectivity index (χ3v) is 4.95. The molecule has 0 unspecified atom stereocenters. The summed E-state index contributed by atoms with van der Waals surface area (Å²) in [5.74, 6) is 0.670. The second-order valence-corrected chi connectivity index (χ2v) is 7.15. The van der Waals surface area contributed by atoms with Gasteiger partial charge in [-0.15, -0.1) is 11.8 Å². The standard InChI is InChI=1S/C21H20N2O4S/c1-23(2)20(24)14-28-18-11-7-6-10-16(18)21(25)26-13-19-22-12-17(27-19)15-8-4-3-5-9-15/h3-12H,13-14H2,1-2H3. The highest BCUT2D eigenvalue weighted by atomic mass is 32.2. The summed E-state index contributed by atoms with van der Waals surface area (Å²) in [6.45, 7) is -0.0682. The maximum Gasteiger partial charge on any atom is 0.339 e. The molecule has 7 heteroatoms. The first kappa shape index (κ1) is 19.7. The molecule has 1 aromatic heterocycles. The third kappa shape index (κ3) is 5.01. The Morgan fingerprint density at radius 1 is 1.07 bits per heavy atom. The highest BCUT2D eigenvalue weighted by Crippen LogP contribution is 2.24. The zero-order valence-electron chi connectivity index (χ0n) is 15.6. The van der Waals surface area contributed by atoms with Gasteiger partial charge < -0.3 is 14.1 Å². The Balaban J connectivity index is 1.63. The van der Waals surface area contributed by atoms with Gasteiger partial charge in [-0.3, -0.25) is 4.79 Å². The maximum atomic E-state index is 12.5. The van der Waals surface area contributed by atoms with Crippen LogP contribution in [-0.2, 0) is 16.1 Å². The van der Waals surface area contributed by atoms with Crippen LogP contribution in [0.2, 0.25) is 0 Å². The maximum absolute atomic E-state index is 12.5. The summed E-state index contributed by atoms with van der Waals surface area (Å²) < 4.78 is 11.0. The second kappa shape index (κ2) is 9.23. The highest BCUT2D eigenvalue weighted by Gasteiger charge is 2.16. The van der Waals surface area contributed by atoms with Gasteiger partial charge in [-0.1, -0.05) is 42.5 Å². The first-order valence-corrected chi connectivity index (χ1v) is 9.62. The predicted octanol–water partition coefficient (Wildman–Crippen LogP) is 3.88. The Bertz CT molecular complexity index is 954. The van der Waals surface area contributed by atoms with Crippen LogP contribution in [-0.4, -0.2) is 41.6 Å². The normalized spacial score (nSPS) is 10.5. The van der Waals surface area contributed by atoms with Crippen molar-refractivity contribution >= 4 is 23.6 Å². The molecule has 28 heavy (non-hydrogen) atoms. The van der Waals surface area contributed by atoms with E-state index in [9.17, 15) is 9.59 Å². The molecule has 0 saturated heterocycles. The van der Waals surface area contributed by atoms with Gasteiger partial charge in [0.05, 0.1) is 17.5 Å². The molecule has 3 aromatic rings. The number of amides is 1. The van der Waals surface area contributed by atoms with Crippen LogP contribution in [0.25, 0.3) is 11.3 Å². The molecule has 0 fully saturated rings. The molecule has 1 amide bonds. The molecule has 0 aliphatic heterocycles. The molecule has 0 saturated carbocycles. The SMILES string of the molecule is CN(C)C(=O)CSc1ccccc1C(=O)OCc1ncc(-c2ccccc2)o1. The number of esters is 1. The predicted molar refractivity (Wildman–Crippen MR) is 107 cm³/mol. The van der Waals surface area contributed by atoms with E-state index in [2.05, 4.69) is 4.98 Å². The largest absolute Gasteiger partial charge is 0.452 e. The van der Waals surface area contributed by atoms with Crippen LogP contribution in [0.4, 0.5) is 0 Å². The van der Waals surface area contributed by atoms with Crippen molar-refractivity contribution in [1.82, 2.24) is 9.88 Å². The molecule has 1 heterocycles. The summed E-state index contributed by atoms with van der Waals surface area (Å²) >= 11 is 1.30. The fourth-order valence-corrected chi connectivity index (χ4v) is 3.37. The Labute approximate surface area is 167 Å². The Kier molecular flexibility index (Phi) is 6.49. The van der Waals surface area contributed by atoms with Crippen molar-refractivity contribution in [3.05, 3.63) is 72.2 Å². The quantitative estimate of drug-likeness (QED) is 0.446. The lowest BCUT2D eigenvalue weighted by molar-refractivity contribution is -0.125. The monoisotopic (exact) mass is 396 g/mol. The fraction of sp³-hybridized carbons (Fsp3) is 0.190. The molecule has 0 bridgehead atoms. The van der Waals surface area contributed by atoms with E-state index in [1.807, 2.05) is 36.4 Å². The number of carbonyl (C=O) groups excluding carboxylic acids is 2. The number of hydrogen-bond donors (Lipinski definition) is 0. The number of benzene rings is 2. The number of ether oxygens (including phenoxy) is 1. The lowest BCUT2D eigenvalue weighted by Gasteiger charge is -2.11. The summed E-state index contributed by atoms with van der Waals surface area (Å²) in [6.07, 6.45) is 1.61. The average molecular weight is 396 g/mol. The average Bonchev–Trinajstić information content (AvgIpc) is 3.20. The van der Waals surface area contributed by atoms with E-state index in [0.717, 1.165) is 5.56 Å². The van der Waals surface area contributed by atoms with Crippen LogP contribution in [0, 0.1) is 0 Å². The van der Waals surface area contributed by atoms with Gasteiger partial charge in [0.1, 0.15) is 0 Å². The van der Waals surface area contributed by atoms with Crippen molar-refractivity contribution in [3.63, 3.8) is 0 Å². The molecular formula is C21H20N2O4S. The molecule has 0 radical (unpaired) electrons. The number of rotatable bonds is 7. The number of nitrogens with zero attached hydrogens (tertiary/aromatic N) is 2. The van der Waals surface area contributed by atoms with Gasteiger partial charge in [0, 0.05) is 24.6 Å². The molecule has 2 aromatic carbocycles. The number of carbonyl (C=O) groups is 2. The van der Waals surface area contributed by atoms with Crippen LogP contribution < -0.4 is 0 Å². The molecule has 144 valence electrons. The molecule has 0 N–H and O–H groups in total. The summed E-state index contributed by atoms with van der Waals surface area (Å²) in [6, 6.07) is 16.6. The summed E-state index contributed by atoms with van der Waals surface area (Å²) in [5.41, 5.74) is 1.31. The van der Waals surface area contributed by atoms with E-state index in [0.29, 0.717) is 22.1 Å². The summed E-state index contributed by atoms with van der Waals surface area (Å²) in [7, 11) is 3.40. The van der Waals surface area contributed by atoms with E-state index in [4.69, 9.17) is 9.15 Å². The molecular weight excluding hydrogens is 376 g/mol. The zero-order chi connectivity index (χ0) is 19.9. The third-order valence-electron chi connectivity index (χ3n) is 3.90. The molecule has 6 nitrogen and oxygen atoms in total. The molecule has 3 rings (SSSR count). The van der Waals surface area contributed by atoms with E-state index >= 15 is 0 Å². The second-order valence-electron chi connectivity index (χ2n) is 6.13. The van der Waals surface area contributed by atoms with Crippen LogP contribution >= 0.6 is 11.8 Å². The van der Waals surface area contributed by atoms with Gasteiger partial charge in [-0.05, 0) is 12.1 Å². The van der Waals surface area contributed by atoms with Crippen molar-refractivity contribution in [2.24, 2.45) is 0 Å². The van der Waals surface area contributed by atoms with Crippen molar-refractivity contribution in [3.8, 4) is 11.3 Å². The zero-order valence-corrected chi connectivity index (χ0v) is 16.4. The molecule has 0 aliphatic carbocycles. The van der Waals surface area contributed by atoms with Gasteiger partial charge in [0.2, 0.25) is 11.8 Å². The lowest BCUT2D eigenvalue weighted by atomic mass is 10.2. The minimum Gasteiger partial charge on any atom is -0.452 e. The Morgan fingerprint density at radius 3 is 2.54 bits per heavy atom. The van der Waals surface area contributed by atoms with Crippen LogP contribution in [0.5, 0.6) is 0 Å². The smallest absolute Gasteiger partial charge is 0.339 e. The molecule has 0 spiro atoms. The Hall–Kier alpha value is -3.06. The minimum atomic E-state index is -0.486. The molecule has 0 aliphatic rings. The van der Waals surface area contributed by atoms with Crippen LogP contribution in [0.15, 0.2) is 70.1 Å². The van der Waals surface area contributed by atoms with Crippen molar-refractivity contribution in [1.29, 1.82) is 0 Å².